The number of anilines is 2. The number of nitrogens with two attached hydrogens (primary N) is 1. The summed E-state index contributed by atoms with van der Waals surface area (Å²) in [6.07, 6.45) is 5.10. The first-order valence-corrected chi connectivity index (χ1v) is 8.79. The van der Waals surface area contributed by atoms with Crippen molar-refractivity contribution in [1.29, 1.82) is 0 Å². The lowest BCUT2D eigenvalue weighted by Crippen LogP contribution is -2.46. The molecule has 124 valence electrons. The monoisotopic (exact) mass is 341 g/mol. The Morgan fingerprint density at radius 1 is 1.08 bits per heavy atom. The van der Waals surface area contributed by atoms with Gasteiger partial charge in [0.1, 0.15) is 12.0 Å². The van der Waals surface area contributed by atoms with Crippen LogP contribution in [0.5, 0.6) is 0 Å². The van der Waals surface area contributed by atoms with E-state index in [2.05, 4.69) is 42.4 Å². The highest BCUT2D eigenvalue weighted by Crippen LogP contribution is 2.26. The second-order valence-corrected chi connectivity index (χ2v) is 6.76. The van der Waals surface area contributed by atoms with Crippen LogP contribution in [0.1, 0.15) is 4.88 Å². The summed E-state index contributed by atoms with van der Waals surface area (Å²) in [6, 6.07) is 6.15. The minimum absolute atomic E-state index is 0.577. The molecule has 7 nitrogen and oxygen atoms in total. The Bertz CT molecular complexity index is 777. The van der Waals surface area contributed by atoms with Crippen LogP contribution in [0.2, 0.25) is 0 Å². The van der Waals surface area contributed by atoms with Crippen molar-refractivity contribution >= 4 is 22.8 Å². The standard InChI is InChI=1S/C16H19N7S/c17-14-15(18-12-19-16(14)23-5-2-4-20-23)22-8-6-21(7-9-22)11-13-3-1-10-24-13/h1-5,10,12H,6-9,11,17H2. The predicted molar refractivity (Wildman–Crippen MR) is 95.4 cm³/mol. The van der Waals surface area contributed by atoms with Crippen LogP contribution < -0.4 is 10.6 Å². The smallest absolute Gasteiger partial charge is 0.181 e. The number of thiophene rings is 1. The van der Waals surface area contributed by atoms with Gasteiger partial charge in [-0.05, 0) is 17.5 Å². The predicted octanol–water partition coefficient (Wildman–Crippen LogP) is 1.63. The summed E-state index contributed by atoms with van der Waals surface area (Å²) < 4.78 is 1.67. The van der Waals surface area contributed by atoms with Gasteiger partial charge >= 0.3 is 0 Å². The Hall–Kier alpha value is -2.45. The largest absolute Gasteiger partial charge is 0.393 e. The number of nitrogen functional groups attached to an aromatic ring is 1. The van der Waals surface area contributed by atoms with E-state index >= 15 is 0 Å². The summed E-state index contributed by atoms with van der Waals surface area (Å²) in [7, 11) is 0. The molecule has 0 spiro atoms. The zero-order valence-electron chi connectivity index (χ0n) is 13.2. The van der Waals surface area contributed by atoms with Crippen LogP contribution >= 0.6 is 11.3 Å². The molecule has 1 fully saturated rings. The van der Waals surface area contributed by atoms with Crippen LogP contribution in [0.25, 0.3) is 5.82 Å². The van der Waals surface area contributed by atoms with Gasteiger partial charge in [-0.15, -0.1) is 11.3 Å². The maximum Gasteiger partial charge on any atom is 0.181 e. The fraction of sp³-hybridized carbons (Fsp3) is 0.312. The first kappa shape index (κ1) is 15.1. The quantitative estimate of drug-likeness (QED) is 0.777. The molecule has 0 aromatic carbocycles. The molecule has 8 heteroatoms. The normalized spacial score (nSPS) is 15.8. The molecule has 1 aliphatic rings. The SMILES string of the molecule is Nc1c(N2CCN(Cc3cccs3)CC2)ncnc1-n1cccn1. The number of rotatable bonds is 4. The maximum atomic E-state index is 6.31. The number of hydrogen-bond donors (Lipinski definition) is 1. The third-order valence-electron chi connectivity index (χ3n) is 4.19. The van der Waals surface area contributed by atoms with E-state index in [0.717, 1.165) is 38.5 Å². The molecule has 0 unspecified atom stereocenters. The lowest BCUT2D eigenvalue weighted by Gasteiger charge is -2.35. The van der Waals surface area contributed by atoms with Crippen LogP contribution in [0.4, 0.5) is 11.5 Å². The number of hydrogen-bond acceptors (Lipinski definition) is 7. The van der Waals surface area contributed by atoms with Gasteiger partial charge in [-0.2, -0.15) is 5.10 Å². The van der Waals surface area contributed by atoms with Crippen LogP contribution in [0, 0.1) is 0 Å². The Morgan fingerprint density at radius 2 is 1.92 bits per heavy atom. The Balaban J connectivity index is 1.47. The highest BCUT2D eigenvalue weighted by atomic mass is 32.1. The van der Waals surface area contributed by atoms with Gasteiger partial charge in [-0.25, -0.2) is 14.6 Å². The molecule has 1 aliphatic heterocycles. The summed E-state index contributed by atoms with van der Waals surface area (Å²) >= 11 is 1.81. The lowest BCUT2D eigenvalue weighted by atomic mass is 10.3. The fourth-order valence-corrected chi connectivity index (χ4v) is 3.69. The van der Waals surface area contributed by atoms with E-state index in [9.17, 15) is 0 Å². The zero-order valence-corrected chi connectivity index (χ0v) is 14.1. The van der Waals surface area contributed by atoms with Gasteiger partial charge in [0, 0.05) is 50.0 Å². The summed E-state index contributed by atoms with van der Waals surface area (Å²) in [5, 5.41) is 6.34. The van der Waals surface area contributed by atoms with E-state index in [1.807, 2.05) is 23.6 Å². The lowest BCUT2D eigenvalue weighted by molar-refractivity contribution is 0.251. The van der Waals surface area contributed by atoms with Gasteiger partial charge in [0.2, 0.25) is 0 Å². The Kier molecular flexibility index (Phi) is 4.14. The molecule has 1 saturated heterocycles. The van der Waals surface area contributed by atoms with E-state index < -0.39 is 0 Å². The average Bonchev–Trinajstić information content (AvgIpc) is 3.30. The summed E-state index contributed by atoms with van der Waals surface area (Å²) in [6.45, 7) is 4.83. The second kappa shape index (κ2) is 6.58. The highest BCUT2D eigenvalue weighted by Gasteiger charge is 2.22. The van der Waals surface area contributed by atoms with Crippen molar-refractivity contribution in [2.75, 3.05) is 36.8 Å². The van der Waals surface area contributed by atoms with Crippen molar-refractivity contribution in [3.63, 3.8) is 0 Å². The van der Waals surface area contributed by atoms with Crippen molar-refractivity contribution in [2.45, 2.75) is 6.54 Å². The zero-order chi connectivity index (χ0) is 16.4. The average molecular weight is 341 g/mol. The van der Waals surface area contributed by atoms with Crippen molar-refractivity contribution in [3.8, 4) is 5.82 Å². The third-order valence-corrected chi connectivity index (χ3v) is 5.06. The molecule has 4 heterocycles. The molecular weight excluding hydrogens is 322 g/mol. The van der Waals surface area contributed by atoms with E-state index in [-0.39, 0.29) is 0 Å². The molecule has 0 radical (unpaired) electrons. The fourth-order valence-electron chi connectivity index (χ4n) is 2.95. The van der Waals surface area contributed by atoms with Gasteiger partial charge in [0.05, 0.1) is 0 Å². The first-order chi connectivity index (χ1) is 11.8. The molecule has 4 rings (SSSR count). The number of aromatic nitrogens is 4. The minimum Gasteiger partial charge on any atom is -0.393 e. The topological polar surface area (TPSA) is 76.1 Å². The first-order valence-electron chi connectivity index (χ1n) is 7.91. The molecule has 2 N–H and O–H groups in total. The van der Waals surface area contributed by atoms with Crippen molar-refractivity contribution in [2.24, 2.45) is 0 Å². The van der Waals surface area contributed by atoms with E-state index in [0.29, 0.717) is 11.5 Å². The molecule has 0 amide bonds. The molecule has 3 aromatic heterocycles. The van der Waals surface area contributed by atoms with E-state index in [4.69, 9.17) is 5.73 Å². The second-order valence-electron chi connectivity index (χ2n) is 5.73. The van der Waals surface area contributed by atoms with Crippen LogP contribution in [-0.4, -0.2) is 50.8 Å². The van der Waals surface area contributed by atoms with Crippen molar-refractivity contribution < 1.29 is 0 Å². The summed E-state index contributed by atoms with van der Waals surface area (Å²) in [5.41, 5.74) is 6.89. The van der Waals surface area contributed by atoms with E-state index in [1.165, 1.54) is 4.88 Å². The van der Waals surface area contributed by atoms with Gasteiger partial charge in [0.25, 0.3) is 0 Å². The molecule has 3 aromatic rings. The minimum atomic E-state index is 0.577. The number of piperazine rings is 1. The van der Waals surface area contributed by atoms with Crippen LogP contribution in [0.3, 0.4) is 0 Å². The summed E-state index contributed by atoms with van der Waals surface area (Å²) in [5.74, 6) is 1.43. The maximum absolute atomic E-state index is 6.31. The molecule has 0 bridgehead atoms. The number of nitrogens with zero attached hydrogens (tertiary/aromatic N) is 6. The van der Waals surface area contributed by atoms with Crippen molar-refractivity contribution in [1.82, 2.24) is 24.6 Å². The molecule has 0 aliphatic carbocycles. The van der Waals surface area contributed by atoms with Crippen LogP contribution in [-0.2, 0) is 6.54 Å². The molecule has 0 atom stereocenters. The molecule has 0 saturated carbocycles. The van der Waals surface area contributed by atoms with Crippen LogP contribution in [0.15, 0.2) is 42.3 Å². The van der Waals surface area contributed by atoms with Gasteiger partial charge in [0.15, 0.2) is 11.6 Å². The highest BCUT2D eigenvalue weighted by molar-refractivity contribution is 7.09. The Labute approximate surface area is 144 Å². The molecule has 24 heavy (non-hydrogen) atoms. The van der Waals surface area contributed by atoms with E-state index in [1.54, 1.807) is 17.2 Å². The van der Waals surface area contributed by atoms with Gasteiger partial charge < -0.3 is 10.6 Å². The summed E-state index contributed by atoms with van der Waals surface area (Å²) in [4.78, 5) is 14.8. The van der Waals surface area contributed by atoms with Gasteiger partial charge in [-0.3, -0.25) is 4.90 Å². The van der Waals surface area contributed by atoms with Crippen molar-refractivity contribution in [3.05, 3.63) is 47.2 Å². The third kappa shape index (κ3) is 2.98. The Morgan fingerprint density at radius 3 is 2.62 bits per heavy atom. The van der Waals surface area contributed by atoms with Gasteiger partial charge in [-0.1, -0.05) is 6.07 Å². The molecular formula is C16H19N7S.